The van der Waals surface area contributed by atoms with Crippen molar-refractivity contribution >= 4 is 17.6 Å². The second-order valence-corrected chi connectivity index (χ2v) is 6.71. The average molecular weight is 429 g/mol. The van der Waals surface area contributed by atoms with Crippen LogP contribution in [-0.2, 0) is 10.3 Å². The number of rotatable bonds is 7. The van der Waals surface area contributed by atoms with Gasteiger partial charge in [0.05, 0.1) is 17.6 Å². The van der Waals surface area contributed by atoms with Crippen LogP contribution in [0.15, 0.2) is 30.6 Å². The van der Waals surface area contributed by atoms with Crippen molar-refractivity contribution in [3.8, 4) is 0 Å². The van der Waals surface area contributed by atoms with E-state index in [1.807, 2.05) is 10.9 Å². The Balaban J connectivity index is 1.62. The molecule has 1 fully saturated rings. The van der Waals surface area contributed by atoms with Gasteiger partial charge in [0.15, 0.2) is 0 Å². The van der Waals surface area contributed by atoms with Crippen molar-refractivity contribution in [2.24, 2.45) is 0 Å². The number of nitrogens with one attached hydrogen (secondary N) is 3. The van der Waals surface area contributed by atoms with Crippen LogP contribution >= 0.6 is 0 Å². The lowest BCUT2D eigenvalue weighted by atomic mass is 9.71. The summed E-state index contributed by atoms with van der Waals surface area (Å²) in [6, 6.07) is 3.31. The van der Waals surface area contributed by atoms with E-state index in [1.54, 1.807) is 0 Å². The monoisotopic (exact) mass is 429 g/mol. The van der Waals surface area contributed by atoms with E-state index in [0.29, 0.717) is 12.8 Å². The molecule has 1 amide bonds. The van der Waals surface area contributed by atoms with Gasteiger partial charge in [-0.3, -0.25) is 15.0 Å². The molecule has 1 saturated carbocycles. The third-order valence-corrected chi connectivity index (χ3v) is 4.69. The zero-order valence-electron chi connectivity index (χ0n) is 15.3. The van der Waals surface area contributed by atoms with E-state index < -0.39 is 41.6 Å². The number of amides is 1. The predicted octanol–water partition coefficient (Wildman–Crippen LogP) is 2.61. The van der Waals surface area contributed by atoms with Crippen molar-refractivity contribution in [3.63, 3.8) is 0 Å². The van der Waals surface area contributed by atoms with Crippen molar-refractivity contribution in [2.75, 3.05) is 11.9 Å². The maximum absolute atomic E-state index is 14.2. The molecule has 1 aliphatic rings. The van der Waals surface area contributed by atoms with Gasteiger partial charge in [-0.2, -0.15) is 13.2 Å². The first kappa shape index (κ1) is 21.6. The molecule has 3 N–H and O–H groups in total. The van der Waals surface area contributed by atoms with Crippen LogP contribution in [0.2, 0.25) is 0 Å². The summed E-state index contributed by atoms with van der Waals surface area (Å²) in [5.74, 6) is -4.19. The van der Waals surface area contributed by atoms with Crippen LogP contribution in [0.3, 0.4) is 0 Å². The number of benzene rings is 1. The third-order valence-electron chi connectivity index (χ3n) is 4.69. The van der Waals surface area contributed by atoms with Crippen LogP contribution in [0, 0.1) is 11.6 Å². The Hall–Kier alpha value is -3.15. The first-order valence-electron chi connectivity index (χ1n) is 8.80. The normalized spacial score (nSPS) is 15.2. The minimum absolute atomic E-state index is 0.0804. The predicted molar refractivity (Wildman–Crippen MR) is 94.1 cm³/mol. The highest BCUT2D eigenvalue weighted by Gasteiger charge is 2.41. The number of anilines is 1. The summed E-state index contributed by atoms with van der Waals surface area (Å²) in [6.07, 6.45) is -0.824. The van der Waals surface area contributed by atoms with Gasteiger partial charge in [0.25, 0.3) is 11.7 Å². The maximum Gasteiger partial charge on any atom is 0.451 e. The highest BCUT2D eigenvalue weighted by molar-refractivity contribution is 5.93. The Morgan fingerprint density at radius 2 is 1.77 bits per heavy atom. The molecule has 1 heterocycles. The molecule has 0 aliphatic heterocycles. The number of ketones is 1. The van der Waals surface area contributed by atoms with Gasteiger partial charge in [0.2, 0.25) is 5.95 Å². The highest BCUT2D eigenvalue weighted by atomic mass is 19.4. The molecule has 1 aromatic carbocycles. The number of carbonyl (C=O) groups is 2. The van der Waals surface area contributed by atoms with E-state index in [-0.39, 0.29) is 17.1 Å². The Morgan fingerprint density at radius 3 is 2.30 bits per heavy atom. The minimum Gasteiger partial charge on any atom is -0.345 e. The molecule has 0 atom stereocenters. The minimum atomic E-state index is -5.00. The van der Waals surface area contributed by atoms with Gasteiger partial charge in [0.1, 0.15) is 11.6 Å². The number of halogens is 5. The van der Waals surface area contributed by atoms with Crippen LogP contribution in [0.25, 0.3) is 0 Å². The number of aromatic nitrogens is 2. The number of hydrogen-bond donors (Lipinski definition) is 3. The highest BCUT2D eigenvalue weighted by Crippen LogP contribution is 2.44. The van der Waals surface area contributed by atoms with Crippen LogP contribution in [-0.4, -0.2) is 34.4 Å². The molecule has 0 radical (unpaired) electrons. The van der Waals surface area contributed by atoms with Crippen LogP contribution in [0.5, 0.6) is 0 Å². The SMILES string of the molecule is O=C(NNCC(=O)C(F)(F)F)c1cnc(NC2(c3ccc(F)cc3F)CCC2)nc1. The molecule has 3 rings (SSSR count). The van der Waals surface area contributed by atoms with Crippen molar-refractivity contribution in [1.29, 1.82) is 0 Å². The van der Waals surface area contributed by atoms with E-state index in [4.69, 9.17) is 0 Å². The summed E-state index contributed by atoms with van der Waals surface area (Å²) in [5, 5.41) is 3.01. The van der Waals surface area contributed by atoms with Crippen molar-refractivity contribution in [1.82, 2.24) is 20.8 Å². The number of alkyl halides is 3. The molecular formula is C18H16F5N5O2. The van der Waals surface area contributed by atoms with Gasteiger partial charge in [-0.15, -0.1) is 0 Å². The standard InChI is InChI=1S/C18H16F5N5O2/c19-11-2-3-12(13(20)6-11)17(4-1-5-17)27-16-24-7-10(8-25-16)15(30)28-26-9-14(29)18(21,22)23/h2-3,6-8,26H,1,4-5,9H2,(H,28,30)(H,24,25,27). The molecule has 7 nitrogen and oxygen atoms in total. The lowest BCUT2D eigenvalue weighted by Crippen LogP contribution is -2.44. The number of hydrogen-bond acceptors (Lipinski definition) is 6. The van der Waals surface area contributed by atoms with E-state index in [9.17, 15) is 31.5 Å². The molecule has 12 heteroatoms. The topological polar surface area (TPSA) is 96.0 Å². The molecule has 1 aromatic heterocycles. The molecule has 0 bridgehead atoms. The zero-order valence-corrected chi connectivity index (χ0v) is 15.3. The lowest BCUT2D eigenvalue weighted by molar-refractivity contribution is -0.170. The van der Waals surface area contributed by atoms with Crippen LogP contribution in [0.4, 0.5) is 27.9 Å². The smallest absolute Gasteiger partial charge is 0.345 e. The second-order valence-electron chi connectivity index (χ2n) is 6.71. The average Bonchev–Trinajstić information content (AvgIpc) is 2.65. The number of Topliss-reactive ketones (excluding diaryl/α,β-unsaturated/α-hetero) is 1. The molecular weight excluding hydrogens is 413 g/mol. The second kappa shape index (κ2) is 8.30. The Morgan fingerprint density at radius 1 is 1.10 bits per heavy atom. The first-order valence-corrected chi connectivity index (χ1v) is 8.80. The van der Waals surface area contributed by atoms with Crippen LogP contribution in [0.1, 0.15) is 35.2 Å². The van der Waals surface area contributed by atoms with E-state index in [2.05, 4.69) is 15.3 Å². The van der Waals surface area contributed by atoms with Gasteiger partial charge < -0.3 is 5.32 Å². The van der Waals surface area contributed by atoms with Gasteiger partial charge in [-0.1, -0.05) is 6.07 Å². The molecule has 1 aliphatic carbocycles. The van der Waals surface area contributed by atoms with Crippen molar-refractivity contribution in [2.45, 2.75) is 31.0 Å². The summed E-state index contributed by atoms with van der Waals surface area (Å²) in [7, 11) is 0. The summed E-state index contributed by atoms with van der Waals surface area (Å²) in [5.41, 5.74) is 3.21. The fourth-order valence-corrected chi connectivity index (χ4v) is 2.97. The van der Waals surface area contributed by atoms with Gasteiger partial charge in [-0.05, 0) is 25.3 Å². The molecule has 0 spiro atoms. The number of carbonyl (C=O) groups excluding carboxylic acids is 2. The Labute approximate surface area is 167 Å². The largest absolute Gasteiger partial charge is 0.451 e. The van der Waals surface area contributed by atoms with Crippen molar-refractivity contribution in [3.05, 3.63) is 53.4 Å². The quantitative estimate of drug-likeness (QED) is 0.463. The molecule has 160 valence electrons. The van der Waals surface area contributed by atoms with E-state index in [0.717, 1.165) is 30.9 Å². The van der Waals surface area contributed by atoms with Gasteiger partial charge in [-0.25, -0.2) is 24.2 Å². The summed E-state index contributed by atoms with van der Waals surface area (Å²) >= 11 is 0. The van der Waals surface area contributed by atoms with Crippen LogP contribution < -0.4 is 16.2 Å². The summed E-state index contributed by atoms with van der Waals surface area (Å²) < 4.78 is 63.7. The third kappa shape index (κ3) is 4.70. The molecule has 2 aromatic rings. The molecule has 30 heavy (non-hydrogen) atoms. The first-order chi connectivity index (χ1) is 14.1. The number of nitrogens with zero attached hydrogens (tertiary/aromatic N) is 2. The van der Waals surface area contributed by atoms with Gasteiger partial charge >= 0.3 is 6.18 Å². The lowest BCUT2D eigenvalue weighted by Gasteiger charge is -2.43. The van der Waals surface area contributed by atoms with E-state index >= 15 is 0 Å². The molecule has 0 saturated heterocycles. The number of hydrazine groups is 1. The van der Waals surface area contributed by atoms with E-state index in [1.165, 1.54) is 6.07 Å². The Bertz CT molecular complexity index is 945. The maximum atomic E-state index is 14.2. The fraction of sp³-hybridized carbons (Fsp3) is 0.333. The zero-order chi connectivity index (χ0) is 21.9. The molecule has 0 unspecified atom stereocenters. The van der Waals surface area contributed by atoms with Crippen molar-refractivity contribution < 1.29 is 31.5 Å². The summed E-state index contributed by atoms with van der Waals surface area (Å²) in [4.78, 5) is 30.6. The summed E-state index contributed by atoms with van der Waals surface area (Å²) in [6.45, 7) is -1.12. The Kier molecular flexibility index (Phi) is 5.97. The fourth-order valence-electron chi connectivity index (χ4n) is 2.97. The van der Waals surface area contributed by atoms with Gasteiger partial charge in [0, 0.05) is 24.0 Å².